The fourth-order valence-corrected chi connectivity index (χ4v) is 1.76. The minimum absolute atomic E-state index is 0.715. The molecular formula is C12H12N2S. The first-order valence-electron chi connectivity index (χ1n) is 4.81. The number of imidazole rings is 1. The van der Waals surface area contributed by atoms with Gasteiger partial charge < -0.3 is 4.98 Å². The van der Waals surface area contributed by atoms with Crippen molar-refractivity contribution in [3.05, 3.63) is 53.1 Å². The number of nitrogens with one attached hydrogen (secondary N) is 1. The summed E-state index contributed by atoms with van der Waals surface area (Å²) in [7, 11) is 0. The maximum atomic E-state index is 5.19. The highest BCUT2D eigenvalue weighted by atomic mass is 32.1. The monoisotopic (exact) mass is 216 g/mol. The van der Waals surface area contributed by atoms with Crippen molar-refractivity contribution in [3.63, 3.8) is 0 Å². The van der Waals surface area contributed by atoms with Crippen LogP contribution in [-0.2, 0) is 0 Å². The second-order valence-electron chi connectivity index (χ2n) is 3.19. The molecular weight excluding hydrogens is 204 g/mol. The first-order chi connectivity index (χ1) is 7.33. The summed E-state index contributed by atoms with van der Waals surface area (Å²) in [5.41, 5.74) is 2.26. The van der Waals surface area contributed by atoms with E-state index in [1.807, 2.05) is 42.1 Å². The highest BCUT2D eigenvalue weighted by molar-refractivity contribution is 7.71. The largest absolute Gasteiger partial charge is 0.337 e. The normalized spacial score (nSPS) is 11.0. The molecule has 2 rings (SSSR count). The Morgan fingerprint density at radius 2 is 2.13 bits per heavy atom. The highest BCUT2D eigenvalue weighted by Crippen LogP contribution is 2.16. The van der Waals surface area contributed by atoms with Crippen molar-refractivity contribution < 1.29 is 0 Å². The Morgan fingerprint density at radius 3 is 2.80 bits per heavy atom. The van der Waals surface area contributed by atoms with Crippen LogP contribution in [0.5, 0.6) is 0 Å². The van der Waals surface area contributed by atoms with E-state index in [0.29, 0.717) is 4.77 Å². The Balaban J connectivity index is 2.62. The molecule has 3 heteroatoms. The molecule has 76 valence electrons. The molecule has 1 heterocycles. The Labute approximate surface area is 93.9 Å². The van der Waals surface area contributed by atoms with Crippen molar-refractivity contribution in [2.24, 2.45) is 0 Å². The zero-order valence-corrected chi connectivity index (χ0v) is 9.29. The number of allylic oxidation sites excluding steroid dienone is 1. The molecule has 2 aromatic rings. The summed E-state index contributed by atoms with van der Waals surface area (Å²) in [6, 6.07) is 8.16. The Kier molecular flexibility index (Phi) is 2.83. The number of hydrogen-bond acceptors (Lipinski definition) is 1. The molecule has 0 bridgehead atoms. The maximum Gasteiger partial charge on any atom is 0.181 e. The highest BCUT2D eigenvalue weighted by Gasteiger charge is 2.01. The molecule has 0 spiro atoms. The van der Waals surface area contributed by atoms with Gasteiger partial charge in [-0.3, -0.25) is 4.57 Å². The molecule has 0 aliphatic rings. The van der Waals surface area contributed by atoms with Gasteiger partial charge in [-0.05, 0) is 30.8 Å². The minimum atomic E-state index is 0.715. The number of aromatic amines is 1. The maximum absolute atomic E-state index is 5.19. The SMILES string of the molecule is C/C=C/c1ccccc1-n1cc[nH]c1=S. The van der Waals surface area contributed by atoms with E-state index in [1.54, 1.807) is 0 Å². The quantitative estimate of drug-likeness (QED) is 0.761. The van der Waals surface area contributed by atoms with Crippen LogP contribution < -0.4 is 0 Å². The Hall–Kier alpha value is -1.61. The van der Waals surface area contributed by atoms with Crippen molar-refractivity contribution in [1.82, 2.24) is 9.55 Å². The molecule has 0 atom stereocenters. The number of nitrogens with zero attached hydrogens (tertiary/aromatic N) is 1. The standard InChI is InChI=1S/C12H12N2S/c1-2-5-10-6-3-4-7-11(10)14-9-8-13-12(14)15/h2-9H,1H3,(H,13,15)/b5-2+. The average Bonchev–Trinajstić information content (AvgIpc) is 2.66. The van der Waals surface area contributed by atoms with Crippen LogP contribution in [0.3, 0.4) is 0 Å². The lowest BCUT2D eigenvalue weighted by Crippen LogP contribution is -1.94. The zero-order chi connectivity index (χ0) is 10.7. The van der Waals surface area contributed by atoms with Gasteiger partial charge in [0.1, 0.15) is 0 Å². The van der Waals surface area contributed by atoms with Crippen LogP contribution in [0.2, 0.25) is 0 Å². The Bertz CT molecular complexity index is 534. The number of benzene rings is 1. The van der Waals surface area contributed by atoms with Crippen molar-refractivity contribution in [3.8, 4) is 5.69 Å². The lowest BCUT2D eigenvalue weighted by atomic mass is 10.1. The number of para-hydroxylation sites is 1. The summed E-state index contributed by atoms with van der Waals surface area (Å²) in [5.74, 6) is 0. The predicted octanol–water partition coefficient (Wildman–Crippen LogP) is 3.57. The summed E-state index contributed by atoms with van der Waals surface area (Å²) >= 11 is 5.19. The third-order valence-corrected chi connectivity index (χ3v) is 2.51. The molecule has 0 amide bonds. The van der Waals surface area contributed by atoms with Gasteiger partial charge in [-0.15, -0.1) is 0 Å². The van der Waals surface area contributed by atoms with Gasteiger partial charge in [-0.1, -0.05) is 30.4 Å². The third kappa shape index (κ3) is 1.92. The van der Waals surface area contributed by atoms with Crippen LogP contribution in [0.15, 0.2) is 42.7 Å². The summed E-state index contributed by atoms with van der Waals surface area (Å²) in [4.78, 5) is 2.99. The topological polar surface area (TPSA) is 20.7 Å². The van der Waals surface area contributed by atoms with E-state index in [1.165, 1.54) is 0 Å². The van der Waals surface area contributed by atoms with Gasteiger partial charge in [0, 0.05) is 12.4 Å². The first kappa shape index (κ1) is 9.93. The molecule has 1 N–H and O–H groups in total. The molecule has 0 unspecified atom stereocenters. The average molecular weight is 216 g/mol. The molecule has 0 fully saturated rings. The minimum Gasteiger partial charge on any atom is -0.337 e. The number of rotatable bonds is 2. The Morgan fingerprint density at radius 1 is 1.33 bits per heavy atom. The molecule has 15 heavy (non-hydrogen) atoms. The van der Waals surface area contributed by atoms with Crippen molar-refractivity contribution in [2.45, 2.75) is 6.92 Å². The van der Waals surface area contributed by atoms with Gasteiger partial charge in [0.2, 0.25) is 0 Å². The van der Waals surface area contributed by atoms with E-state index in [-0.39, 0.29) is 0 Å². The van der Waals surface area contributed by atoms with Crippen LogP contribution >= 0.6 is 12.2 Å². The number of aromatic nitrogens is 2. The number of hydrogen-bond donors (Lipinski definition) is 1. The second-order valence-corrected chi connectivity index (χ2v) is 3.58. The molecule has 0 saturated carbocycles. The van der Waals surface area contributed by atoms with Crippen LogP contribution in [0.1, 0.15) is 12.5 Å². The predicted molar refractivity (Wildman–Crippen MR) is 65.7 cm³/mol. The summed E-state index contributed by atoms with van der Waals surface area (Å²) < 4.78 is 2.68. The van der Waals surface area contributed by atoms with E-state index in [4.69, 9.17) is 12.2 Å². The molecule has 0 radical (unpaired) electrons. The molecule has 2 nitrogen and oxygen atoms in total. The van der Waals surface area contributed by atoms with Gasteiger partial charge in [-0.2, -0.15) is 0 Å². The molecule has 0 saturated heterocycles. The molecule has 1 aromatic heterocycles. The molecule has 0 aliphatic carbocycles. The van der Waals surface area contributed by atoms with Crippen molar-refractivity contribution in [1.29, 1.82) is 0 Å². The van der Waals surface area contributed by atoms with Gasteiger partial charge in [0.25, 0.3) is 0 Å². The van der Waals surface area contributed by atoms with Gasteiger partial charge >= 0.3 is 0 Å². The molecule has 0 aliphatic heterocycles. The lowest BCUT2D eigenvalue weighted by molar-refractivity contribution is 1.03. The number of H-pyrrole nitrogens is 1. The summed E-state index contributed by atoms with van der Waals surface area (Å²) in [6.07, 6.45) is 7.87. The smallest absolute Gasteiger partial charge is 0.181 e. The van der Waals surface area contributed by atoms with Crippen LogP contribution in [0.4, 0.5) is 0 Å². The molecule has 1 aromatic carbocycles. The fourth-order valence-electron chi connectivity index (χ4n) is 1.54. The van der Waals surface area contributed by atoms with E-state index in [9.17, 15) is 0 Å². The first-order valence-corrected chi connectivity index (χ1v) is 5.22. The van der Waals surface area contributed by atoms with E-state index in [2.05, 4.69) is 23.2 Å². The van der Waals surface area contributed by atoms with Gasteiger partial charge in [0.15, 0.2) is 4.77 Å². The second kappa shape index (κ2) is 4.28. The van der Waals surface area contributed by atoms with Crippen molar-refractivity contribution >= 4 is 18.3 Å². The van der Waals surface area contributed by atoms with E-state index in [0.717, 1.165) is 11.3 Å². The van der Waals surface area contributed by atoms with Gasteiger partial charge in [0.05, 0.1) is 5.69 Å². The summed E-state index contributed by atoms with van der Waals surface area (Å²) in [6.45, 7) is 2.01. The van der Waals surface area contributed by atoms with Gasteiger partial charge in [-0.25, -0.2) is 0 Å². The van der Waals surface area contributed by atoms with E-state index >= 15 is 0 Å². The fraction of sp³-hybridized carbons (Fsp3) is 0.0833. The van der Waals surface area contributed by atoms with Crippen LogP contribution in [0.25, 0.3) is 11.8 Å². The van der Waals surface area contributed by atoms with Crippen LogP contribution in [0, 0.1) is 4.77 Å². The van der Waals surface area contributed by atoms with Crippen LogP contribution in [-0.4, -0.2) is 9.55 Å². The lowest BCUT2D eigenvalue weighted by Gasteiger charge is -2.06. The van der Waals surface area contributed by atoms with E-state index < -0.39 is 0 Å². The zero-order valence-electron chi connectivity index (χ0n) is 8.47. The summed E-state index contributed by atoms with van der Waals surface area (Å²) in [5, 5.41) is 0. The van der Waals surface area contributed by atoms with Crippen molar-refractivity contribution in [2.75, 3.05) is 0 Å². The third-order valence-electron chi connectivity index (χ3n) is 2.19.